The van der Waals surface area contributed by atoms with E-state index in [0.717, 1.165) is 4.90 Å². The van der Waals surface area contributed by atoms with Crippen LogP contribution < -0.4 is 20.3 Å². The first kappa shape index (κ1) is 24.0. The third-order valence-corrected chi connectivity index (χ3v) is 5.44. The van der Waals surface area contributed by atoms with Gasteiger partial charge < -0.3 is 10.1 Å². The van der Waals surface area contributed by atoms with E-state index in [2.05, 4.69) is 10.6 Å². The molecule has 1 fully saturated rings. The van der Waals surface area contributed by atoms with E-state index in [-0.39, 0.29) is 23.8 Å². The number of barbiturate groups is 1. The monoisotopic (exact) mass is 509 g/mol. The fraction of sp³-hybridized carbons (Fsp3) is 0.0400. The molecule has 1 saturated heterocycles. The summed E-state index contributed by atoms with van der Waals surface area (Å²) < 4.78 is 5.48. The lowest BCUT2D eigenvalue weighted by molar-refractivity contribution is -0.122. The average Bonchev–Trinajstić information content (AvgIpc) is 2.82. The Kier molecular flexibility index (Phi) is 7.14. The number of hydrogen-bond acceptors (Lipinski definition) is 5. The zero-order valence-electron chi connectivity index (χ0n) is 18.0. The van der Waals surface area contributed by atoms with Gasteiger partial charge in [0.25, 0.3) is 17.7 Å². The van der Waals surface area contributed by atoms with Crippen molar-refractivity contribution in [2.24, 2.45) is 0 Å². The molecule has 0 spiro atoms. The molecule has 176 valence electrons. The highest BCUT2D eigenvalue weighted by atomic mass is 35.5. The molecule has 5 amide bonds. The summed E-state index contributed by atoms with van der Waals surface area (Å²) in [5.41, 5.74) is 0.997. The molecule has 3 aromatic rings. The molecule has 1 heterocycles. The molecule has 0 saturated carbocycles. The smallest absolute Gasteiger partial charge is 0.335 e. The Morgan fingerprint density at radius 2 is 1.71 bits per heavy atom. The number of benzene rings is 3. The molecule has 1 aliphatic heterocycles. The van der Waals surface area contributed by atoms with E-state index in [0.29, 0.717) is 27.0 Å². The maximum atomic E-state index is 12.9. The molecule has 10 heteroatoms. The summed E-state index contributed by atoms with van der Waals surface area (Å²) in [5.74, 6) is -1.58. The lowest BCUT2D eigenvalue weighted by Crippen LogP contribution is -2.54. The Morgan fingerprint density at radius 1 is 0.971 bits per heavy atom. The van der Waals surface area contributed by atoms with Gasteiger partial charge in [-0.3, -0.25) is 19.7 Å². The summed E-state index contributed by atoms with van der Waals surface area (Å²) in [4.78, 5) is 50.5. The van der Waals surface area contributed by atoms with E-state index < -0.39 is 17.8 Å². The molecule has 4 rings (SSSR count). The summed E-state index contributed by atoms with van der Waals surface area (Å²) in [6, 6.07) is 18.5. The Balaban J connectivity index is 1.44. The third-order valence-electron chi connectivity index (χ3n) is 4.88. The van der Waals surface area contributed by atoms with Crippen LogP contribution in [0.1, 0.15) is 5.56 Å². The van der Waals surface area contributed by atoms with Gasteiger partial charge in [-0.2, -0.15) is 0 Å². The SMILES string of the molecule is O=C(COc1ccc(/C=C2\C(=O)NC(=O)N(c3cccc(Cl)c3)C2=O)cc1)Nc1ccccc1Cl. The quantitative estimate of drug-likeness (QED) is 0.370. The Morgan fingerprint density at radius 3 is 2.43 bits per heavy atom. The summed E-state index contributed by atoms with van der Waals surface area (Å²) in [6.45, 7) is -0.247. The number of amides is 5. The van der Waals surface area contributed by atoms with Crippen LogP contribution in [0.25, 0.3) is 6.08 Å². The summed E-state index contributed by atoms with van der Waals surface area (Å²) >= 11 is 12.0. The topological polar surface area (TPSA) is 105 Å². The summed E-state index contributed by atoms with van der Waals surface area (Å²) in [7, 11) is 0. The molecular weight excluding hydrogens is 493 g/mol. The second kappa shape index (κ2) is 10.4. The van der Waals surface area contributed by atoms with Gasteiger partial charge in [0.2, 0.25) is 0 Å². The minimum absolute atomic E-state index is 0.225. The molecule has 0 aromatic heterocycles. The number of para-hydroxylation sites is 1. The normalized spacial score (nSPS) is 14.6. The second-order valence-corrected chi connectivity index (χ2v) is 8.17. The molecule has 3 aromatic carbocycles. The molecule has 0 radical (unpaired) electrons. The average molecular weight is 510 g/mol. The number of halogens is 2. The fourth-order valence-electron chi connectivity index (χ4n) is 3.23. The number of nitrogens with zero attached hydrogens (tertiary/aromatic N) is 1. The molecule has 35 heavy (non-hydrogen) atoms. The minimum Gasteiger partial charge on any atom is -0.484 e. The van der Waals surface area contributed by atoms with Crippen LogP contribution in [0.5, 0.6) is 5.75 Å². The predicted octanol–water partition coefficient (Wildman–Crippen LogP) is 4.68. The van der Waals surface area contributed by atoms with Crippen molar-refractivity contribution in [3.8, 4) is 5.75 Å². The van der Waals surface area contributed by atoms with Crippen LogP contribution in [0, 0.1) is 0 Å². The van der Waals surface area contributed by atoms with E-state index in [1.54, 1.807) is 60.7 Å². The van der Waals surface area contributed by atoms with Crippen molar-refractivity contribution in [1.82, 2.24) is 5.32 Å². The first-order chi connectivity index (χ1) is 16.8. The van der Waals surface area contributed by atoms with Crippen molar-refractivity contribution in [3.05, 3.63) is 94.0 Å². The van der Waals surface area contributed by atoms with Crippen LogP contribution in [-0.2, 0) is 14.4 Å². The highest BCUT2D eigenvalue weighted by Gasteiger charge is 2.36. The third kappa shape index (κ3) is 5.68. The van der Waals surface area contributed by atoms with Gasteiger partial charge in [-0.15, -0.1) is 0 Å². The van der Waals surface area contributed by atoms with Crippen molar-refractivity contribution in [2.45, 2.75) is 0 Å². The number of imide groups is 2. The van der Waals surface area contributed by atoms with Gasteiger partial charge in [-0.25, -0.2) is 9.69 Å². The molecule has 2 N–H and O–H groups in total. The molecule has 0 aliphatic carbocycles. The van der Waals surface area contributed by atoms with Gasteiger partial charge in [0.15, 0.2) is 6.61 Å². The highest BCUT2D eigenvalue weighted by Crippen LogP contribution is 2.25. The first-order valence-electron chi connectivity index (χ1n) is 10.3. The van der Waals surface area contributed by atoms with Crippen molar-refractivity contribution < 1.29 is 23.9 Å². The van der Waals surface area contributed by atoms with Gasteiger partial charge in [0.05, 0.1) is 16.4 Å². The minimum atomic E-state index is -0.863. The molecule has 0 atom stereocenters. The van der Waals surface area contributed by atoms with Gasteiger partial charge in [0, 0.05) is 5.02 Å². The van der Waals surface area contributed by atoms with Gasteiger partial charge in [-0.05, 0) is 54.1 Å². The Hall–Kier alpha value is -4.14. The molecular formula is C25H17Cl2N3O5. The van der Waals surface area contributed by atoms with Crippen LogP contribution in [0.4, 0.5) is 16.2 Å². The number of rotatable bonds is 6. The second-order valence-electron chi connectivity index (χ2n) is 7.32. The van der Waals surface area contributed by atoms with Crippen LogP contribution in [-0.4, -0.2) is 30.4 Å². The van der Waals surface area contributed by atoms with Crippen molar-refractivity contribution in [3.63, 3.8) is 0 Å². The van der Waals surface area contributed by atoms with E-state index in [9.17, 15) is 19.2 Å². The first-order valence-corrected chi connectivity index (χ1v) is 11.0. The maximum Gasteiger partial charge on any atom is 0.335 e. The van der Waals surface area contributed by atoms with Crippen molar-refractivity contribution >= 4 is 64.4 Å². The van der Waals surface area contributed by atoms with Crippen LogP contribution in [0.3, 0.4) is 0 Å². The Bertz CT molecular complexity index is 1360. The molecule has 1 aliphatic rings. The van der Waals surface area contributed by atoms with E-state index in [1.165, 1.54) is 18.2 Å². The zero-order chi connectivity index (χ0) is 24.9. The van der Waals surface area contributed by atoms with Crippen molar-refractivity contribution in [2.75, 3.05) is 16.8 Å². The fourth-order valence-corrected chi connectivity index (χ4v) is 3.60. The number of hydrogen-bond donors (Lipinski definition) is 2. The number of nitrogens with one attached hydrogen (secondary N) is 2. The van der Waals surface area contributed by atoms with E-state index in [1.807, 2.05) is 0 Å². The molecule has 0 unspecified atom stereocenters. The number of carbonyl (C=O) groups excluding carboxylic acids is 4. The Labute approximate surface area is 210 Å². The van der Waals surface area contributed by atoms with Gasteiger partial charge in [0.1, 0.15) is 11.3 Å². The van der Waals surface area contributed by atoms with E-state index in [4.69, 9.17) is 27.9 Å². The van der Waals surface area contributed by atoms with Crippen LogP contribution in [0.2, 0.25) is 10.0 Å². The highest BCUT2D eigenvalue weighted by molar-refractivity contribution is 6.39. The standard InChI is InChI=1S/C25H17Cl2N3O5/c26-16-4-3-5-17(13-16)30-24(33)19(23(32)29-25(30)34)12-15-8-10-18(11-9-15)35-14-22(31)28-21-7-2-1-6-20(21)27/h1-13H,14H2,(H,28,31)(H,29,32,34)/b19-12+. The predicted molar refractivity (Wildman–Crippen MR) is 132 cm³/mol. The number of urea groups is 1. The maximum absolute atomic E-state index is 12.9. The lowest BCUT2D eigenvalue weighted by atomic mass is 10.1. The number of ether oxygens (including phenoxy) is 1. The van der Waals surface area contributed by atoms with Crippen molar-refractivity contribution in [1.29, 1.82) is 0 Å². The number of anilines is 2. The lowest BCUT2D eigenvalue weighted by Gasteiger charge is -2.26. The molecule has 8 nitrogen and oxygen atoms in total. The van der Waals surface area contributed by atoms with Crippen LogP contribution in [0.15, 0.2) is 78.4 Å². The summed E-state index contributed by atoms with van der Waals surface area (Å²) in [5, 5.41) is 5.55. The largest absolute Gasteiger partial charge is 0.484 e. The number of carbonyl (C=O) groups is 4. The molecule has 0 bridgehead atoms. The van der Waals surface area contributed by atoms with Gasteiger partial charge >= 0.3 is 6.03 Å². The zero-order valence-corrected chi connectivity index (χ0v) is 19.5. The van der Waals surface area contributed by atoms with E-state index >= 15 is 0 Å². The van der Waals surface area contributed by atoms with Crippen LogP contribution >= 0.6 is 23.2 Å². The van der Waals surface area contributed by atoms with Gasteiger partial charge in [-0.1, -0.05) is 53.5 Å². The summed E-state index contributed by atoms with van der Waals surface area (Å²) in [6.07, 6.45) is 1.36.